The summed E-state index contributed by atoms with van der Waals surface area (Å²) in [6.07, 6.45) is 0. The summed E-state index contributed by atoms with van der Waals surface area (Å²) < 4.78 is 4.90. The Morgan fingerprint density at radius 2 is 0.927 bits per heavy atom. The van der Waals surface area contributed by atoms with Gasteiger partial charge in [-0.25, -0.2) is 15.0 Å². The van der Waals surface area contributed by atoms with E-state index in [0.29, 0.717) is 17.5 Å². The van der Waals surface area contributed by atoms with Crippen molar-refractivity contribution in [1.82, 2.24) is 24.1 Å². The highest BCUT2D eigenvalue weighted by Gasteiger charge is 2.40. The first-order valence-corrected chi connectivity index (χ1v) is 18.8. The third-order valence-corrected chi connectivity index (χ3v) is 11.3. The van der Waals surface area contributed by atoms with Crippen molar-refractivity contribution in [2.24, 2.45) is 0 Å². The number of nitrogens with zero attached hydrogens (tertiary/aromatic N) is 5. The smallest absolute Gasteiger partial charge is 0.164 e. The summed E-state index contributed by atoms with van der Waals surface area (Å²) in [5.74, 6) is 1.93. The molecule has 1 aliphatic rings. The summed E-state index contributed by atoms with van der Waals surface area (Å²) in [5.41, 5.74) is 13.7. The molecule has 0 unspecified atom stereocenters. The zero-order chi connectivity index (χ0) is 36.7. The van der Waals surface area contributed by atoms with Gasteiger partial charge in [0.1, 0.15) is 0 Å². The van der Waals surface area contributed by atoms with Gasteiger partial charge in [-0.1, -0.05) is 147 Å². The van der Waals surface area contributed by atoms with Crippen LogP contribution in [-0.2, 0) is 5.41 Å². The zero-order valence-electron chi connectivity index (χ0n) is 30.5. The summed E-state index contributed by atoms with van der Waals surface area (Å²) in [4.78, 5) is 15.1. The van der Waals surface area contributed by atoms with E-state index >= 15 is 0 Å². The molecule has 5 nitrogen and oxygen atoms in total. The van der Waals surface area contributed by atoms with Gasteiger partial charge in [-0.2, -0.15) is 0 Å². The summed E-state index contributed by atoms with van der Waals surface area (Å²) in [6, 6.07) is 62.2. The number of hydrogen-bond acceptors (Lipinski definition) is 3. The summed E-state index contributed by atoms with van der Waals surface area (Å²) >= 11 is 0. The molecule has 0 atom stereocenters. The molecule has 7 aromatic carbocycles. The van der Waals surface area contributed by atoms with Crippen molar-refractivity contribution < 1.29 is 0 Å². The van der Waals surface area contributed by atoms with Gasteiger partial charge in [0, 0.05) is 55.2 Å². The van der Waals surface area contributed by atoms with Crippen LogP contribution < -0.4 is 0 Å². The molecule has 260 valence electrons. The van der Waals surface area contributed by atoms with Crippen molar-refractivity contribution in [2.75, 3.05) is 0 Å². The monoisotopic (exact) mass is 705 g/mol. The molecule has 1 aliphatic carbocycles. The van der Waals surface area contributed by atoms with Crippen molar-refractivity contribution in [1.29, 1.82) is 0 Å². The van der Waals surface area contributed by atoms with Crippen LogP contribution in [0.5, 0.6) is 0 Å². The summed E-state index contributed by atoms with van der Waals surface area (Å²) in [6.45, 7) is 4.75. The summed E-state index contributed by atoms with van der Waals surface area (Å²) in [5, 5.41) is 3.69. The van der Waals surface area contributed by atoms with Gasteiger partial charge in [-0.05, 0) is 53.6 Å². The zero-order valence-corrected chi connectivity index (χ0v) is 30.5. The molecule has 0 spiro atoms. The third-order valence-electron chi connectivity index (χ3n) is 11.3. The van der Waals surface area contributed by atoms with Gasteiger partial charge in [0.25, 0.3) is 0 Å². The van der Waals surface area contributed by atoms with Crippen molar-refractivity contribution >= 4 is 32.7 Å². The minimum Gasteiger partial charge on any atom is -0.309 e. The SMILES string of the molecule is CC1(C)c2ccccc2-c2c1c1cc3c(cc1n2-c1ccccc1)c1ccccc1n3-c1cccc(-c2nc(-c3ccccc3)nc(-c3ccccc3)n2)c1. The standard InChI is InChI=1S/C50H35N5/c1-50(2)41-27-14-12-26-38(41)46-45(50)40-31-43-39(30-44(40)55(46)35-22-10-5-11-23-35)37-25-13-15-28-42(37)54(43)36-24-16-21-34(29-36)49-52-47(32-17-6-3-7-18-32)51-48(53-49)33-19-8-4-9-20-33/h3-31H,1-2H3. The van der Waals surface area contributed by atoms with Crippen LogP contribution >= 0.6 is 0 Å². The van der Waals surface area contributed by atoms with E-state index in [1.807, 2.05) is 60.7 Å². The Bertz CT molecular complexity index is 3040. The lowest BCUT2D eigenvalue weighted by atomic mass is 9.81. The normalized spacial score (nSPS) is 13.1. The first-order valence-electron chi connectivity index (χ1n) is 18.8. The van der Waals surface area contributed by atoms with Crippen LogP contribution in [0.2, 0.25) is 0 Å². The van der Waals surface area contributed by atoms with Crippen molar-refractivity contribution in [3.05, 3.63) is 187 Å². The second-order valence-corrected chi connectivity index (χ2v) is 14.9. The minimum absolute atomic E-state index is 0.180. The molecule has 0 bridgehead atoms. The molecule has 0 saturated heterocycles. The van der Waals surface area contributed by atoms with Crippen LogP contribution in [0.4, 0.5) is 0 Å². The minimum atomic E-state index is -0.180. The molecule has 0 N–H and O–H groups in total. The highest BCUT2D eigenvalue weighted by Crippen LogP contribution is 2.54. The number of para-hydroxylation sites is 2. The fraction of sp³-hybridized carbons (Fsp3) is 0.0600. The molecule has 0 fully saturated rings. The van der Waals surface area contributed by atoms with E-state index in [2.05, 4.69) is 138 Å². The lowest BCUT2D eigenvalue weighted by molar-refractivity contribution is 0.666. The Morgan fingerprint density at radius 1 is 0.400 bits per heavy atom. The Morgan fingerprint density at radius 3 is 1.64 bits per heavy atom. The van der Waals surface area contributed by atoms with Crippen molar-refractivity contribution in [3.63, 3.8) is 0 Å². The van der Waals surface area contributed by atoms with E-state index in [9.17, 15) is 0 Å². The maximum atomic E-state index is 5.06. The van der Waals surface area contributed by atoms with Crippen LogP contribution in [0.1, 0.15) is 25.0 Å². The van der Waals surface area contributed by atoms with Crippen LogP contribution in [0.3, 0.4) is 0 Å². The van der Waals surface area contributed by atoms with Crippen LogP contribution in [0.25, 0.3) is 89.5 Å². The van der Waals surface area contributed by atoms with Gasteiger partial charge in [-0.3, -0.25) is 0 Å². The third kappa shape index (κ3) is 4.76. The predicted molar refractivity (Wildman–Crippen MR) is 225 cm³/mol. The molecule has 0 aliphatic heterocycles. The van der Waals surface area contributed by atoms with E-state index in [0.717, 1.165) is 33.4 Å². The van der Waals surface area contributed by atoms with Gasteiger partial charge < -0.3 is 9.13 Å². The van der Waals surface area contributed by atoms with E-state index in [-0.39, 0.29) is 5.41 Å². The fourth-order valence-corrected chi connectivity index (χ4v) is 8.85. The first kappa shape index (κ1) is 31.4. The average Bonchev–Trinajstić information content (AvgIpc) is 3.84. The van der Waals surface area contributed by atoms with E-state index in [1.54, 1.807) is 0 Å². The molecular formula is C50H35N5. The largest absolute Gasteiger partial charge is 0.309 e. The molecule has 3 aromatic heterocycles. The highest BCUT2D eigenvalue weighted by molar-refractivity contribution is 6.15. The molecule has 0 saturated carbocycles. The van der Waals surface area contributed by atoms with E-state index < -0.39 is 0 Å². The summed E-state index contributed by atoms with van der Waals surface area (Å²) in [7, 11) is 0. The Hall–Kier alpha value is -7.11. The van der Waals surface area contributed by atoms with Crippen LogP contribution in [-0.4, -0.2) is 24.1 Å². The number of aromatic nitrogens is 5. The average molecular weight is 706 g/mol. The van der Waals surface area contributed by atoms with E-state index in [1.165, 1.54) is 49.7 Å². The number of rotatable bonds is 5. The maximum Gasteiger partial charge on any atom is 0.164 e. The van der Waals surface area contributed by atoms with Gasteiger partial charge in [0.2, 0.25) is 0 Å². The van der Waals surface area contributed by atoms with Crippen LogP contribution in [0, 0.1) is 0 Å². The van der Waals surface area contributed by atoms with Crippen LogP contribution in [0.15, 0.2) is 176 Å². The van der Waals surface area contributed by atoms with Gasteiger partial charge in [0.15, 0.2) is 17.5 Å². The molecule has 3 heterocycles. The van der Waals surface area contributed by atoms with Gasteiger partial charge in [0.05, 0.1) is 22.2 Å². The number of hydrogen-bond donors (Lipinski definition) is 0. The molecule has 11 rings (SSSR count). The predicted octanol–water partition coefficient (Wildman–Crippen LogP) is 12.2. The molecule has 55 heavy (non-hydrogen) atoms. The first-order chi connectivity index (χ1) is 27.0. The second kappa shape index (κ2) is 12.0. The molecular weight excluding hydrogens is 671 g/mol. The number of fused-ring (bicyclic) bond motifs is 8. The molecule has 0 amide bonds. The highest BCUT2D eigenvalue weighted by atomic mass is 15.0. The Labute approximate surface area is 318 Å². The molecule has 0 radical (unpaired) electrons. The number of benzene rings is 7. The lowest BCUT2D eigenvalue weighted by Crippen LogP contribution is -2.14. The lowest BCUT2D eigenvalue weighted by Gasteiger charge is -2.21. The van der Waals surface area contributed by atoms with E-state index in [4.69, 9.17) is 15.0 Å². The molecule has 10 aromatic rings. The topological polar surface area (TPSA) is 48.5 Å². The Balaban J connectivity index is 1.17. The van der Waals surface area contributed by atoms with Gasteiger partial charge in [-0.15, -0.1) is 0 Å². The Kier molecular flexibility index (Phi) is 6.83. The fourth-order valence-electron chi connectivity index (χ4n) is 8.85. The quantitative estimate of drug-likeness (QED) is 0.179. The molecule has 5 heteroatoms. The maximum absolute atomic E-state index is 5.06. The second-order valence-electron chi connectivity index (χ2n) is 14.9. The van der Waals surface area contributed by atoms with Gasteiger partial charge >= 0.3 is 0 Å². The van der Waals surface area contributed by atoms with Crippen molar-refractivity contribution in [3.8, 4) is 56.8 Å². The van der Waals surface area contributed by atoms with Crippen molar-refractivity contribution in [2.45, 2.75) is 19.3 Å².